The highest BCUT2D eigenvalue weighted by atomic mass is 16.6. The van der Waals surface area contributed by atoms with Crippen LogP contribution in [0.1, 0.15) is 277 Å². The Morgan fingerprint density at radius 3 is 1.02 bits per heavy atom. The van der Waals surface area contributed by atoms with Gasteiger partial charge >= 0.3 is 11.9 Å². The molecule has 0 bridgehead atoms. The fourth-order valence-electron chi connectivity index (χ4n) is 8.06. The lowest BCUT2D eigenvalue weighted by molar-refractivity contribution is -0.161. The molecule has 0 aliphatic heterocycles. The minimum Gasteiger partial charge on any atom is -0.462 e. The van der Waals surface area contributed by atoms with Gasteiger partial charge in [-0.05, 0) is 77.0 Å². The quantitative estimate of drug-likeness (QED) is 0.0374. The molecule has 0 radical (unpaired) electrons. The second-order valence-corrected chi connectivity index (χ2v) is 18.6. The number of esters is 2. The second kappa shape index (κ2) is 55.7. The highest BCUT2D eigenvalue weighted by Gasteiger charge is 2.16. The first-order valence-corrected chi connectivity index (χ1v) is 28.0. The minimum atomic E-state index is -0.772. The fraction of sp³-hybridized carbons (Fsp3) is 0.767. The van der Waals surface area contributed by atoms with E-state index in [1.807, 2.05) is 0 Å². The number of hydrogen-bond donors (Lipinski definition) is 1. The predicted octanol–water partition coefficient (Wildman–Crippen LogP) is 18.8. The Kier molecular flexibility index (Phi) is 53.4. The molecule has 65 heavy (non-hydrogen) atoms. The van der Waals surface area contributed by atoms with E-state index in [2.05, 4.69) is 86.8 Å². The van der Waals surface area contributed by atoms with E-state index in [1.54, 1.807) is 0 Å². The van der Waals surface area contributed by atoms with Crippen molar-refractivity contribution in [3.05, 3.63) is 72.9 Å². The SMILES string of the molecule is CC/C=C\C/C=C\C/C=C\C/C=C\C/C=C\CCCCCCCCCCCCCCCCCCCCCCCCCCCC(=O)OC(CO)COC(=O)CCCCCCC/C=C\CCC. The molecule has 0 amide bonds. The van der Waals surface area contributed by atoms with E-state index < -0.39 is 6.10 Å². The predicted molar refractivity (Wildman–Crippen MR) is 283 cm³/mol. The van der Waals surface area contributed by atoms with Gasteiger partial charge in [-0.2, -0.15) is 0 Å². The Bertz CT molecular complexity index is 1160. The largest absolute Gasteiger partial charge is 0.462 e. The van der Waals surface area contributed by atoms with Crippen LogP contribution in [0.2, 0.25) is 0 Å². The number of rotatable bonds is 51. The molecule has 0 aromatic carbocycles. The lowest BCUT2D eigenvalue weighted by Crippen LogP contribution is -2.28. The maximum absolute atomic E-state index is 12.2. The Hall–Kier alpha value is -2.66. The van der Waals surface area contributed by atoms with Crippen LogP contribution in [0.25, 0.3) is 0 Å². The van der Waals surface area contributed by atoms with E-state index in [0.29, 0.717) is 12.8 Å². The zero-order valence-corrected chi connectivity index (χ0v) is 43.0. The average Bonchev–Trinajstić information content (AvgIpc) is 3.31. The van der Waals surface area contributed by atoms with Gasteiger partial charge in [-0.1, -0.05) is 260 Å². The maximum Gasteiger partial charge on any atom is 0.306 e. The second-order valence-electron chi connectivity index (χ2n) is 18.6. The molecule has 0 aromatic heterocycles. The Labute approximate surface area is 403 Å². The Morgan fingerprint density at radius 2 is 0.662 bits per heavy atom. The number of carbonyl (C=O) groups is 2. The first-order chi connectivity index (χ1) is 32.1. The normalized spacial score (nSPS) is 12.7. The molecule has 0 heterocycles. The van der Waals surface area contributed by atoms with Crippen molar-refractivity contribution in [3.63, 3.8) is 0 Å². The summed E-state index contributed by atoms with van der Waals surface area (Å²) < 4.78 is 10.6. The number of aliphatic hydroxyl groups is 1. The van der Waals surface area contributed by atoms with Crippen molar-refractivity contribution in [3.8, 4) is 0 Å². The summed E-state index contributed by atoms with van der Waals surface area (Å²) in [6, 6.07) is 0. The van der Waals surface area contributed by atoms with Crippen molar-refractivity contribution in [2.75, 3.05) is 13.2 Å². The van der Waals surface area contributed by atoms with Crippen LogP contribution in [0.3, 0.4) is 0 Å². The number of ether oxygens (including phenoxy) is 2. The molecule has 1 atom stereocenters. The maximum atomic E-state index is 12.2. The molecule has 0 fully saturated rings. The van der Waals surface area contributed by atoms with Crippen LogP contribution in [-0.2, 0) is 19.1 Å². The average molecular weight is 908 g/mol. The summed E-state index contributed by atoms with van der Waals surface area (Å²) in [5.74, 6) is -0.595. The van der Waals surface area contributed by atoms with Gasteiger partial charge in [-0.3, -0.25) is 9.59 Å². The van der Waals surface area contributed by atoms with Crippen molar-refractivity contribution in [1.82, 2.24) is 0 Å². The van der Waals surface area contributed by atoms with Crippen molar-refractivity contribution >= 4 is 11.9 Å². The van der Waals surface area contributed by atoms with Gasteiger partial charge < -0.3 is 14.6 Å². The van der Waals surface area contributed by atoms with E-state index in [4.69, 9.17) is 9.47 Å². The molecular formula is C60H106O5. The highest BCUT2D eigenvalue weighted by molar-refractivity contribution is 5.70. The van der Waals surface area contributed by atoms with Crippen molar-refractivity contribution in [2.24, 2.45) is 0 Å². The number of allylic oxidation sites excluding steroid dienone is 12. The topological polar surface area (TPSA) is 72.8 Å². The third-order valence-corrected chi connectivity index (χ3v) is 12.2. The van der Waals surface area contributed by atoms with Crippen molar-refractivity contribution < 1.29 is 24.2 Å². The van der Waals surface area contributed by atoms with Gasteiger partial charge in [0.15, 0.2) is 6.10 Å². The fourth-order valence-corrected chi connectivity index (χ4v) is 8.06. The third kappa shape index (κ3) is 53.8. The van der Waals surface area contributed by atoms with Gasteiger partial charge in [-0.25, -0.2) is 0 Å². The summed E-state index contributed by atoms with van der Waals surface area (Å²) in [5.41, 5.74) is 0. The summed E-state index contributed by atoms with van der Waals surface area (Å²) in [7, 11) is 0. The van der Waals surface area contributed by atoms with Gasteiger partial charge in [0.2, 0.25) is 0 Å². The highest BCUT2D eigenvalue weighted by Crippen LogP contribution is 2.17. The standard InChI is InChI=1S/C60H106O5/c1-3-5-7-9-11-13-15-16-17-18-19-20-21-22-23-24-25-26-27-28-29-30-31-32-33-34-35-36-37-38-39-40-41-42-43-44-45-47-49-51-53-55-60(63)65-58(56-61)57-64-59(62)54-52-50-48-46-14-12-10-8-6-4-2/h5,7-8,10-11,13,16-17,19-20,22-23,58,61H,3-4,6,9,12,14-15,18,21,24-57H2,1-2H3/b7-5-,10-8-,13-11-,17-16-,20-19-,23-22-. The first-order valence-electron chi connectivity index (χ1n) is 28.0. The molecule has 1 N–H and O–H groups in total. The summed E-state index contributed by atoms with van der Waals surface area (Å²) in [4.78, 5) is 24.3. The monoisotopic (exact) mass is 907 g/mol. The molecule has 0 saturated carbocycles. The van der Waals surface area contributed by atoms with E-state index in [0.717, 1.165) is 83.5 Å². The van der Waals surface area contributed by atoms with Gasteiger partial charge in [0.25, 0.3) is 0 Å². The molecule has 1 unspecified atom stereocenters. The van der Waals surface area contributed by atoms with Crippen LogP contribution in [0, 0.1) is 0 Å². The molecule has 0 aromatic rings. The molecule has 0 aliphatic carbocycles. The van der Waals surface area contributed by atoms with Gasteiger partial charge in [-0.15, -0.1) is 0 Å². The van der Waals surface area contributed by atoms with Crippen LogP contribution >= 0.6 is 0 Å². The lowest BCUT2D eigenvalue weighted by atomic mass is 10.0. The summed E-state index contributed by atoms with van der Waals surface area (Å²) in [6.45, 7) is 3.97. The Morgan fingerprint density at radius 1 is 0.369 bits per heavy atom. The smallest absolute Gasteiger partial charge is 0.306 e. The molecule has 0 saturated heterocycles. The van der Waals surface area contributed by atoms with E-state index in [-0.39, 0.29) is 25.2 Å². The lowest BCUT2D eigenvalue weighted by Gasteiger charge is -2.15. The van der Waals surface area contributed by atoms with Crippen LogP contribution in [0.4, 0.5) is 0 Å². The number of unbranched alkanes of at least 4 members (excludes halogenated alkanes) is 31. The first kappa shape index (κ1) is 62.3. The molecular weight excluding hydrogens is 801 g/mol. The van der Waals surface area contributed by atoms with E-state index in [1.165, 1.54) is 167 Å². The zero-order valence-electron chi connectivity index (χ0n) is 43.0. The molecule has 0 aliphatic rings. The molecule has 0 spiro atoms. The van der Waals surface area contributed by atoms with Crippen LogP contribution in [0.5, 0.6) is 0 Å². The molecule has 0 rings (SSSR count). The number of hydrogen-bond acceptors (Lipinski definition) is 5. The van der Waals surface area contributed by atoms with Crippen LogP contribution in [0.15, 0.2) is 72.9 Å². The van der Waals surface area contributed by atoms with Crippen molar-refractivity contribution in [1.29, 1.82) is 0 Å². The van der Waals surface area contributed by atoms with Crippen LogP contribution in [-0.4, -0.2) is 36.4 Å². The number of aliphatic hydroxyl groups excluding tert-OH is 1. The van der Waals surface area contributed by atoms with Crippen LogP contribution < -0.4 is 0 Å². The van der Waals surface area contributed by atoms with E-state index in [9.17, 15) is 14.7 Å². The zero-order chi connectivity index (χ0) is 47.0. The molecule has 376 valence electrons. The minimum absolute atomic E-state index is 0.0680. The summed E-state index contributed by atoms with van der Waals surface area (Å²) in [5, 5.41) is 9.59. The van der Waals surface area contributed by atoms with Gasteiger partial charge in [0.05, 0.1) is 6.61 Å². The van der Waals surface area contributed by atoms with Gasteiger partial charge in [0, 0.05) is 12.8 Å². The third-order valence-electron chi connectivity index (χ3n) is 12.2. The molecule has 5 heteroatoms. The molecule has 5 nitrogen and oxygen atoms in total. The summed E-state index contributed by atoms with van der Waals surface area (Å²) in [6.07, 6.45) is 76.3. The summed E-state index contributed by atoms with van der Waals surface area (Å²) >= 11 is 0. The van der Waals surface area contributed by atoms with E-state index >= 15 is 0 Å². The van der Waals surface area contributed by atoms with Gasteiger partial charge in [0.1, 0.15) is 6.61 Å². The Balaban J connectivity index is 3.37. The number of carbonyl (C=O) groups excluding carboxylic acids is 2. The van der Waals surface area contributed by atoms with Crippen molar-refractivity contribution in [2.45, 2.75) is 283 Å².